The Balaban J connectivity index is 0.000000252. The van der Waals surface area contributed by atoms with Crippen LogP contribution in [0.5, 0.6) is 0 Å². The molecule has 0 N–H and O–H groups in total. The molecule has 0 radical (unpaired) electrons. The van der Waals surface area contributed by atoms with Crippen molar-refractivity contribution < 1.29 is 50.2 Å². The van der Waals surface area contributed by atoms with Gasteiger partial charge >= 0.3 is 137 Å². The fraction of sp³-hybridized carbons (Fsp3) is 0.226. The Morgan fingerprint density at radius 1 is 0.548 bits per heavy atom. The van der Waals surface area contributed by atoms with Crippen molar-refractivity contribution in [2.75, 3.05) is 0 Å². The Morgan fingerprint density at radius 3 is 1.48 bits per heavy atom. The van der Waals surface area contributed by atoms with Crippen LogP contribution in [0.1, 0.15) is 92.5 Å². The zero-order chi connectivity index (χ0) is 43.5. The van der Waals surface area contributed by atoms with Crippen molar-refractivity contribution in [1.82, 2.24) is 0 Å². The zero-order valence-corrected chi connectivity index (χ0v) is 40.6. The van der Waals surface area contributed by atoms with Gasteiger partial charge in [-0.25, -0.2) is 12.2 Å². The largest absolute Gasteiger partial charge is 0.273 e. The van der Waals surface area contributed by atoms with Crippen LogP contribution in [0.2, 0.25) is 0 Å². The molecule has 0 saturated heterocycles. The summed E-state index contributed by atoms with van der Waals surface area (Å²) < 4.78 is 76.7. The molecule has 0 heterocycles. The number of fused-ring (bicyclic) bond motifs is 3. The SMILES string of the molecule is CC(C)(C)c1cc2c([c-]c1-c1ccccc1)Cc1cc(-c3ccccc3)c(C(C)(C)C)cc1-2.Cl.Cl.FC(F)(F)c1cccc([C](=[Hf+2])c2cccc(C(F)(F)F)c2)c1.[C-]1=CC=CC1. The first kappa shape index (κ1) is 50.3. The minimum Gasteiger partial charge on any atom is -0.273 e. The summed E-state index contributed by atoms with van der Waals surface area (Å²) in [5, 5.41) is 0. The van der Waals surface area contributed by atoms with Gasteiger partial charge in [-0.05, 0) is 39.5 Å². The second kappa shape index (κ2) is 20.5. The Hall–Kier alpha value is -4.30. The topological polar surface area (TPSA) is 0 Å². The third-order valence-corrected chi connectivity index (χ3v) is 12.4. The van der Waals surface area contributed by atoms with E-state index in [-0.39, 0.29) is 35.6 Å². The molecule has 2 aliphatic carbocycles. The summed E-state index contributed by atoms with van der Waals surface area (Å²) in [4.78, 5) is 0. The van der Waals surface area contributed by atoms with Crippen LogP contribution in [0.15, 0.2) is 146 Å². The van der Waals surface area contributed by atoms with E-state index in [4.69, 9.17) is 0 Å². The molecular weight excluding hydrogens is 1000 g/mol. The minimum atomic E-state index is -4.48. The minimum absolute atomic E-state index is 0. The van der Waals surface area contributed by atoms with E-state index in [1.54, 1.807) is 0 Å². The fourth-order valence-corrected chi connectivity index (χ4v) is 8.43. The van der Waals surface area contributed by atoms with Crippen LogP contribution in [-0.4, -0.2) is 3.26 Å². The quantitative estimate of drug-likeness (QED) is 0.0936. The van der Waals surface area contributed by atoms with Gasteiger partial charge < -0.3 is 0 Å². The molecule has 0 aromatic heterocycles. The van der Waals surface area contributed by atoms with E-state index in [2.05, 4.69) is 139 Å². The third-order valence-electron chi connectivity index (χ3n) is 10.4. The Kier molecular flexibility index (Phi) is 16.6. The molecule has 2 aliphatic rings. The summed E-state index contributed by atoms with van der Waals surface area (Å²) in [6, 6.07) is 42.1. The van der Waals surface area contributed by atoms with E-state index in [1.807, 2.05) is 12.2 Å². The number of hydrogen-bond donors (Lipinski definition) is 0. The molecule has 62 heavy (non-hydrogen) atoms. The number of hydrogen-bond acceptors (Lipinski definition) is 0. The average molecular weight is 1050 g/mol. The maximum absolute atomic E-state index is 12.7. The van der Waals surface area contributed by atoms with Crippen molar-refractivity contribution in [2.24, 2.45) is 0 Å². The molecule has 0 fully saturated rings. The number of allylic oxidation sites excluding steroid dienone is 4. The average Bonchev–Trinajstić information content (AvgIpc) is 3.91. The smallest absolute Gasteiger partial charge is 0.109 e. The van der Waals surface area contributed by atoms with Gasteiger partial charge in [0.1, 0.15) is 0 Å². The molecule has 0 saturated carbocycles. The van der Waals surface area contributed by atoms with Crippen LogP contribution in [-0.2, 0) is 53.5 Å². The molecule has 0 nitrogen and oxygen atoms in total. The van der Waals surface area contributed by atoms with Crippen LogP contribution in [0.4, 0.5) is 26.3 Å². The standard InChI is InChI=1S/C33H33.C15H8F6.C5H5.2ClH.Hf/c1-32(2,3)30-20-26-24(18-28(30)22-13-9-7-10-14-22)17-25-19-29(23-15-11-8-12-16-23)31(21-27(25)26)33(4,5)6;16-14(17,18)12-5-1-3-10(8-12)7-11-4-2-6-13(9-11)15(19,20)21;1-2-4-5-3-1;;;/h7-16,18,20-21H,17H2,1-6H3;1-6,8-9H;1-3H,4H2;2*1H;/q-1;;-1;;;+2. The number of rotatable bonds is 4. The van der Waals surface area contributed by atoms with Crippen molar-refractivity contribution in [1.29, 1.82) is 0 Å². The van der Waals surface area contributed by atoms with Gasteiger partial charge in [0, 0.05) is 0 Å². The number of benzene rings is 6. The maximum Gasteiger partial charge on any atom is -0.109 e. The normalized spacial score (nSPS) is 12.7. The predicted molar refractivity (Wildman–Crippen MR) is 244 cm³/mol. The van der Waals surface area contributed by atoms with E-state index < -0.39 is 23.5 Å². The summed E-state index contributed by atoms with van der Waals surface area (Å²) in [5.74, 6) is 0. The van der Waals surface area contributed by atoms with Crippen molar-refractivity contribution in [2.45, 2.75) is 77.6 Å². The molecule has 6 aromatic carbocycles. The molecule has 6 aromatic rings. The van der Waals surface area contributed by atoms with Gasteiger partial charge in [0.25, 0.3) is 0 Å². The van der Waals surface area contributed by atoms with Crippen LogP contribution >= 0.6 is 24.8 Å². The zero-order valence-electron chi connectivity index (χ0n) is 35.4. The first-order valence-electron chi connectivity index (χ1n) is 19.8. The molecule has 320 valence electrons. The van der Waals surface area contributed by atoms with Gasteiger partial charge in [-0.1, -0.05) is 131 Å². The second-order valence-corrected chi connectivity index (χ2v) is 18.7. The molecule has 0 spiro atoms. The molecule has 0 unspecified atom stereocenters. The van der Waals surface area contributed by atoms with Gasteiger partial charge in [0.15, 0.2) is 0 Å². The Labute approximate surface area is 389 Å². The second-order valence-electron chi connectivity index (χ2n) is 16.9. The van der Waals surface area contributed by atoms with E-state index in [1.165, 1.54) is 79.9 Å². The van der Waals surface area contributed by atoms with E-state index in [0.29, 0.717) is 38.3 Å². The van der Waals surface area contributed by atoms with Gasteiger partial charge in [-0.15, -0.1) is 60.1 Å². The van der Waals surface area contributed by atoms with Gasteiger partial charge in [0.05, 0.1) is 0 Å². The van der Waals surface area contributed by atoms with Crippen molar-refractivity contribution in [3.05, 3.63) is 202 Å². The molecule has 9 heteroatoms. The number of alkyl halides is 6. The molecular formula is C53H48Cl2F6Hf. The Morgan fingerprint density at radius 2 is 1.05 bits per heavy atom. The maximum atomic E-state index is 12.7. The van der Waals surface area contributed by atoms with Crippen LogP contribution in [0.3, 0.4) is 0 Å². The van der Waals surface area contributed by atoms with Crippen LogP contribution in [0, 0.1) is 12.1 Å². The van der Waals surface area contributed by atoms with Crippen LogP contribution in [0.25, 0.3) is 33.4 Å². The first-order chi connectivity index (χ1) is 28.2. The van der Waals surface area contributed by atoms with Crippen molar-refractivity contribution in [3.8, 4) is 33.4 Å². The molecule has 0 bridgehead atoms. The molecule has 8 rings (SSSR count). The molecule has 0 amide bonds. The summed E-state index contributed by atoms with van der Waals surface area (Å²) in [7, 11) is 0. The summed E-state index contributed by atoms with van der Waals surface area (Å²) >= 11 is 0.316. The van der Waals surface area contributed by atoms with Crippen LogP contribution < -0.4 is 0 Å². The Bertz CT molecular complexity index is 2370. The third kappa shape index (κ3) is 12.2. The molecule has 0 aliphatic heterocycles. The van der Waals surface area contributed by atoms with E-state index >= 15 is 0 Å². The summed E-state index contributed by atoms with van der Waals surface area (Å²) in [6.07, 6.45) is 1.98. The fourth-order valence-electron chi connectivity index (χ4n) is 7.31. The summed E-state index contributed by atoms with van der Waals surface area (Å²) in [6.45, 7) is 13.9. The van der Waals surface area contributed by atoms with E-state index in [0.717, 1.165) is 37.1 Å². The predicted octanol–water partition coefficient (Wildman–Crippen LogP) is 16.0. The van der Waals surface area contributed by atoms with Gasteiger partial charge in [-0.2, -0.15) is 6.08 Å². The molecule has 0 atom stereocenters. The van der Waals surface area contributed by atoms with E-state index in [9.17, 15) is 26.3 Å². The number of halogens is 8. The summed E-state index contributed by atoms with van der Waals surface area (Å²) in [5.41, 5.74) is 12.5. The van der Waals surface area contributed by atoms with Gasteiger partial charge in [-0.3, -0.25) is 6.08 Å². The van der Waals surface area contributed by atoms with Crippen molar-refractivity contribution in [3.63, 3.8) is 0 Å². The van der Waals surface area contributed by atoms with Gasteiger partial charge in [0.2, 0.25) is 0 Å². The first-order valence-corrected chi connectivity index (χ1v) is 21.6. The van der Waals surface area contributed by atoms with Crippen molar-refractivity contribution >= 4 is 28.1 Å². The monoisotopic (exact) mass is 1050 g/mol.